The number of aromatic nitrogens is 3. The third kappa shape index (κ3) is 4.16. The van der Waals surface area contributed by atoms with Crippen LogP contribution in [0, 0.1) is 0 Å². The number of hydrogen-bond acceptors (Lipinski definition) is 8. The Hall–Kier alpha value is -3.31. The fourth-order valence-electron chi connectivity index (χ4n) is 2.93. The maximum absolute atomic E-state index is 12.8. The topological polar surface area (TPSA) is 128 Å². The number of anilines is 1. The Balaban J connectivity index is 1.60. The first-order valence-electron chi connectivity index (χ1n) is 9.23. The van der Waals surface area contributed by atoms with E-state index in [2.05, 4.69) is 19.8 Å². The molecule has 3 aromatic rings. The molecule has 1 N–H and O–H groups in total. The van der Waals surface area contributed by atoms with E-state index in [-0.39, 0.29) is 30.5 Å². The van der Waals surface area contributed by atoms with Crippen molar-refractivity contribution in [3.8, 4) is 5.75 Å². The van der Waals surface area contributed by atoms with Crippen LogP contribution in [0.1, 0.15) is 24.2 Å². The van der Waals surface area contributed by atoms with E-state index in [4.69, 9.17) is 9.26 Å². The van der Waals surface area contributed by atoms with Crippen molar-refractivity contribution in [2.45, 2.75) is 31.3 Å². The largest absolute Gasteiger partial charge is 0.482 e. The second-order valence-electron chi connectivity index (χ2n) is 6.54. The first-order chi connectivity index (χ1) is 14.5. The number of pyridine rings is 1. The fraction of sp³-hybridized carbons (Fsp3) is 0.263. The Morgan fingerprint density at radius 3 is 2.87 bits per heavy atom. The number of nitrogens with zero attached hydrogens (tertiary/aromatic N) is 4. The van der Waals surface area contributed by atoms with Gasteiger partial charge in [0.2, 0.25) is 15.9 Å². The number of aryl methyl sites for hydroxylation is 1. The van der Waals surface area contributed by atoms with E-state index in [1.807, 2.05) is 6.92 Å². The maximum Gasteiger partial charge on any atom is 0.265 e. The summed E-state index contributed by atoms with van der Waals surface area (Å²) in [6, 6.07) is 7.86. The fourth-order valence-corrected chi connectivity index (χ4v) is 3.96. The van der Waals surface area contributed by atoms with Gasteiger partial charge in [0.15, 0.2) is 12.4 Å². The van der Waals surface area contributed by atoms with Crippen molar-refractivity contribution in [1.82, 2.24) is 19.8 Å². The van der Waals surface area contributed by atoms with Gasteiger partial charge in [-0.3, -0.25) is 14.7 Å². The Labute approximate surface area is 172 Å². The van der Waals surface area contributed by atoms with Crippen molar-refractivity contribution in [1.29, 1.82) is 0 Å². The van der Waals surface area contributed by atoms with Crippen LogP contribution in [0.15, 0.2) is 52.1 Å². The molecular formula is C19H19N5O5S. The highest BCUT2D eigenvalue weighted by molar-refractivity contribution is 7.89. The van der Waals surface area contributed by atoms with E-state index in [1.165, 1.54) is 23.1 Å². The zero-order chi connectivity index (χ0) is 21.1. The summed E-state index contributed by atoms with van der Waals surface area (Å²) in [6.07, 6.45) is 3.77. The van der Waals surface area contributed by atoms with Gasteiger partial charge >= 0.3 is 0 Å². The number of benzene rings is 1. The number of amides is 1. The summed E-state index contributed by atoms with van der Waals surface area (Å²) in [4.78, 5) is 22.0. The predicted octanol–water partition coefficient (Wildman–Crippen LogP) is 1.43. The molecule has 1 aliphatic heterocycles. The SMILES string of the molecule is CCc1nc(CN2C(=O)COc3ccc(S(=O)(=O)NCc4cccnc4)cc32)no1. The lowest BCUT2D eigenvalue weighted by atomic mass is 10.2. The lowest BCUT2D eigenvalue weighted by Crippen LogP contribution is -2.38. The van der Waals surface area contributed by atoms with Crippen molar-refractivity contribution in [3.05, 3.63) is 60.0 Å². The lowest BCUT2D eigenvalue weighted by molar-refractivity contribution is -0.121. The number of carbonyl (C=O) groups excluding carboxylic acids is 1. The highest BCUT2D eigenvalue weighted by Crippen LogP contribution is 2.35. The molecule has 0 aliphatic carbocycles. The minimum atomic E-state index is -3.83. The molecule has 10 nitrogen and oxygen atoms in total. The number of rotatable bonds is 7. The second kappa shape index (κ2) is 8.20. The summed E-state index contributed by atoms with van der Waals surface area (Å²) >= 11 is 0. The first kappa shape index (κ1) is 20.0. The van der Waals surface area contributed by atoms with Crippen LogP contribution in [-0.2, 0) is 34.3 Å². The zero-order valence-electron chi connectivity index (χ0n) is 16.1. The quantitative estimate of drug-likeness (QED) is 0.597. The van der Waals surface area contributed by atoms with Gasteiger partial charge < -0.3 is 9.26 Å². The molecule has 0 bridgehead atoms. The van der Waals surface area contributed by atoms with Crippen LogP contribution in [0.3, 0.4) is 0 Å². The number of fused-ring (bicyclic) bond motifs is 1. The lowest BCUT2D eigenvalue weighted by Gasteiger charge is -2.28. The Morgan fingerprint density at radius 1 is 1.27 bits per heavy atom. The Kier molecular flexibility index (Phi) is 5.46. The maximum atomic E-state index is 12.8. The molecule has 30 heavy (non-hydrogen) atoms. The van der Waals surface area contributed by atoms with Gasteiger partial charge in [0.25, 0.3) is 5.91 Å². The highest BCUT2D eigenvalue weighted by atomic mass is 32.2. The van der Waals surface area contributed by atoms with E-state index < -0.39 is 10.0 Å². The van der Waals surface area contributed by atoms with E-state index in [9.17, 15) is 13.2 Å². The Bertz CT molecular complexity index is 1160. The molecule has 0 saturated carbocycles. The molecule has 0 atom stereocenters. The van der Waals surface area contributed by atoms with Crippen LogP contribution in [0.25, 0.3) is 0 Å². The summed E-state index contributed by atoms with van der Waals surface area (Å²) in [6.45, 7) is 1.86. The molecule has 2 aromatic heterocycles. The van der Waals surface area contributed by atoms with Crippen LogP contribution in [0.4, 0.5) is 5.69 Å². The molecule has 1 amide bonds. The van der Waals surface area contributed by atoms with Crippen molar-refractivity contribution < 1.29 is 22.5 Å². The Morgan fingerprint density at radius 2 is 2.13 bits per heavy atom. The normalized spacial score (nSPS) is 13.8. The van der Waals surface area contributed by atoms with Gasteiger partial charge in [-0.25, -0.2) is 13.1 Å². The van der Waals surface area contributed by atoms with Gasteiger partial charge in [-0.05, 0) is 29.8 Å². The molecule has 1 aromatic carbocycles. The molecule has 4 rings (SSSR count). The molecule has 156 valence electrons. The second-order valence-corrected chi connectivity index (χ2v) is 8.31. The molecule has 0 spiro atoms. The van der Waals surface area contributed by atoms with Crippen molar-refractivity contribution in [2.75, 3.05) is 11.5 Å². The van der Waals surface area contributed by atoms with E-state index in [1.54, 1.807) is 24.5 Å². The van der Waals surface area contributed by atoms with E-state index in [0.29, 0.717) is 29.6 Å². The monoisotopic (exact) mass is 429 g/mol. The van der Waals surface area contributed by atoms with Gasteiger partial charge in [-0.1, -0.05) is 18.1 Å². The smallest absolute Gasteiger partial charge is 0.265 e. The summed E-state index contributed by atoms with van der Waals surface area (Å²) in [5.41, 5.74) is 1.06. The zero-order valence-corrected chi connectivity index (χ0v) is 16.9. The van der Waals surface area contributed by atoms with Gasteiger partial charge in [0.05, 0.1) is 17.1 Å². The van der Waals surface area contributed by atoms with Crippen LogP contribution < -0.4 is 14.4 Å². The molecule has 0 radical (unpaired) electrons. The molecule has 0 saturated heterocycles. The highest BCUT2D eigenvalue weighted by Gasteiger charge is 2.29. The molecular weight excluding hydrogens is 410 g/mol. The van der Waals surface area contributed by atoms with Crippen molar-refractivity contribution in [2.24, 2.45) is 0 Å². The molecule has 0 fully saturated rings. The van der Waals surface area contributed by atoms with Crippen LogP contribution in [-0.4, -0.2) is 36.1 Å². The molecule has 0 unspecified atom stereocenters. The minimum Gasteiger partial charge on any atom is -0.482 e. The molecule has 1 aliphatic rings. The number of hydrogen-bond donors (Lipinski definition) is 1. The summed E-state index contributed by atoms with van der Waals surface area (Å²) < 4.78 is 38.6. The standard InChI is InChI=1S/C19H19N5O5S/c1-2-18-22-17(23-29-18)11-24-15-8-14(5-6-16(15)28-12-19(24)25)30(26,27)21-10-13-4-3-7-20-9-13/h3-9,21H,2,10-12H2,1H3. The number of carbonyl (C=O) groups is 1. The van der Waals surface area contributed by atoms with E-state index in [0.717, 1.165) is 5.56 Å². The first-order valence-corrected chi connectivity index (χ1v) is 10.7. The average molecular weight is 429 g/mol. The van der Waals surface area contributed by atoms with Gasteiger partial charge in [0.1, 0.15) is 5.75 Å². The van der Waals surface area contributed by atoms with Crippen LogP contribution >= 0.6 is 0 Å². The third-order valence-electron chi connectivity index (χ3n) is 4.48. The summed E-state index contributed by atoms with van der Waals surface area (Å²) in [5.74, 6) is 0.862. The number of nitrogens with one attached hydrogen (secondary N) is 1. The van der Waals surface area contributed by atoms with Crippen LogP contribution in [0.5, 0.6) is 5.75 Å². The van der Waals surface area contributed by atoms with Gasteiger partial charge in [-0.15, -0.1) is 0 Å². The number of ether oxygens (including phenoxy) is 1. The average Bonchev–Trinajstić information content (AvgIpc) is 3.22. The van der Waals surface area contributed by atoms with Gasteiger partial charge in [0, 0.05) is 25.4 Å². The third-order valence-corrected chi connectivity index (χ3v) is 5.88. The molecule has 11 heteroatoms. The summed E-state index contributed by atoms with van der Waals surface area (Å²) in [7, 11) is -3.83. The predicted molar refractivity (Wildman–Crippen MR) is 105 cm³/mol. The number of sulfonamides is 1. The van der Waals surface area contributed by atoms with Crippen LogP contribution in [0.2, 0.25) is 0 Å². The molecule has 3 heterocycles. The van der Waals surface area contributed by atoms with Crippen molar-refractivity contribution >= 4 is 21.6 Å². The van der Waals surface area contributed by atoms with Crippen molar-refractivity contribution in [3.63, 3.8) is 0 Å². The van der Waals surface area contributed by atoms with Gasteiger partial charge in [-0.2, -0.15) is 4.98 Å². The van der Waals surface area contributed by atoms with E-state index >= 15 is 0 Å². The summed E-state index contributed by atoms with van der Waals surface area (Å²) in [5, 5.41) is 3.87. The minimum absolute atomic E-state index is 0.01000.